The van der Waals surface area contributed by atoms with Crippen LogP contribution in [0.5, 0.6) is 0 Å². The number of hydrogen-bond donors (Lipinski definition) is 0. The SMILES string of the molecule is COC(=O)c1ccc2ccc3c(c2n1)CCCC3. The quantitative estimate of drug-likeness (QED) is 0.721. The molecule has 0 amide bonds. The third kappa shape index (κ3) is 1.76. The number of aryl methyl sites for hydroxylation is 2. The highest BCUT2D eigenvalue weighted by atomic mass is 16.5. The summed E-state index contributed by atoms with van der Waals surface area (Å²) in [5.74, 6) is -0.370. The van der Waals surface area contributed by atoms with E-state index < -0.39 is 0 Å². The maximum Gasteiger partial charge on any atom is 0.356 e. The molecule has 0 saturated heterocycles. The number of rotatable bonds is 1. The van der Waals surface area contributed by atoms with Crippen LogP contribution in [0.15, 0.2) is 24.3 Å². The zero-order chi connectivity index (χ0) is 12.5. The average molecular weight is 241 g/mol. The minimum atomic E-state index is -0.370. The van der Waals surface area contributed by atoms with Gasteiger partial charge < -0.3 is 4.74 Å². The lowest BCUT2D eigenvalue weighted by atomic mass is 9.89. The van der Waals surface area contributed by atoms with Gasteiger partial charge >= 0.3 is 5.97 Å². The average Bonchev–Trinajstić information content (AvgIpc) is 2.45. The smallest absolute Gasteiger partial charge is 0.356 e. The first-order chi connectivity index (χ1) is 8.79. The summed E-state index contributed by atoms with van der Waals surface area (Å²) in [4.78, 5) is 16.0. The van der Waals surface area contributed by atoms with Crippen molar-refractivity contribution in [3.05, 3.63) is 41.1 Å². The van der Waals surface area contributed by atoms with Crippen LogP contribution < -0.4 is 0 Å². The Labute approximate surface area is 106 Å². The molecule has 0 saturated carbocycles. The summed E-state index contributed by atoms with van der Waals surface area (Å²) in [6.45, 7) is 0. The minimum absolute atomic E-state index is 0.370. The van der Waals surface area contributed by atoms with Crippen molar-refractivity contribution in [1.29, 1.82) is 0 Å². The van der Waals surface area contributed by atoms with Gasteiger partial charge in [0.05, 0.1) is 12.6 Å². The minimum Gasteiger partial charge on any atom is -0.464 e. The van der Waals surface area contributed by atoms with Gasteiger partial charge in [-0.05, 0) is 42.9 Å². The van der Waals surface area contributed by atoms with Crippen molar-refractivity contribution in [3.63, 3.8) is 0 Å². The number of carbonyl (C=O) groups is 1. The molecule has 2 aromatic rings. The molecule has 18 heavy (non-hydrogen) atoms. The van der Waals surface area contributed by atoms with E-state index in [1.165, 1.54) is 31.1 Å². The molecule has 0 radical (unpaired) electrons. The van der Waals surface area contributed by atoms with Crippen molar-refractivity contribution >= 4 is 16.9 Å². The van der Waals surface area contributed by atoms with E-state index in [1.807, 2.05) is 6.07 Å². The second kappa shape index (κ2) is 4.41. The van der Waals surface area contributed by atoms with E-state index in [4.69, 9.17) is 4.74 Å². The summed E-state index contributed by atoms with van der Waals surface area (Å²) in [6, 6.07) is 7.96. The van der Waals surface area contributed by atoms with E-state index in [0.717, 1.165) is 23.7 Å². The zero-order valence-corrected chi connectivity index (χ0v) is 10.4. The lowest BCUT2D eigenvalue weighted by molar-refractivity contribution is 0.0594. The van der Waals surface area contributed by atoms with E-state index >= 15 is 0 Å². The van der Waals surface area contributed by atoms with Crippen LogP contribution in [0.1, 0.15) is 34.5 Å². The Bertz CT molecular complexity index is 619. The molecule has 0 atom stereocenters. The first-order valence-corrected chi connectivity index (χ1v) is 6.29. The molecule has 0 fully saturated rings. The Morgan fingerprint density at radius 2 is 1.94 bits per heavy atom. The highest BCUT2D eigenvalue weighted by Crippen LogP contribution is 2.28. The van der Waals surface area contributed by atoms with Crippen LogP contribution >= 0.6 is 0 Å². The Kier molecular flexibility index (Phi) is 2.74. The molecule has 1 aliphatic rings. The van der Waals surface area contributed by atoms with Crippen LogP contribution in [0.4, 0.5) is 0 Å². The molecule has 0 aliphatic heterocycles. The van der Waals surface area contributed by atoms with Crippen molar-refractivity contribution in [2.24, 2.45) is 0 Å². The Balaban J connectivity index is 2.21. The van der Waals surface area contributed by atoms with Gasteiger partial charge in [0.1, 0.15) is 5.69 Å². The van der Waals surface area contributed by atoms with Gasteiger partial charge in [0.25, 0.3) is 0 Å². The normalized spacial score (nSPS) is 14.3. The Hall–Kier alpha value is -1.90. The van der Waals surface area contributed by atoms with Crippen LogP contribution in [0, 0.1) is 0 Å². The van der Waals surface area contributed by atoms with E-state index in [0.29, 0.717) is 5.69 Å². The molecule has 1 aromatic heterocycles. The summed E-state index contributed by atoms with van der Waals surface area (Å²) in [6.07, 6.45) is 4.63. The second-order valence-corrected chi connectivity index (χ2v) is 4.67. The number of nitrogens with zero attached hydrogens (tertiary/aromatic N) is 1. The number of carbonyl (C=O) groups excluding carboxylic acids is 1. The lowest BCUT2D eigenvalue weighted by Gasteiger charge is -2.17. The zero-order valence-electron chi connectivity index (χ0n) is 10.4. The summed E-state index contributed by atoms with van der Waals surface area (Å²) in [5.41, 5.74) is 4.05. The van der Waals surface area contributed by atoms with Crippen LogP contribution in [0.25, 0.3) is 10.9 Å². The first kappa shape index (κ1) is 11.2. The van der Waals surface area contributed by atoms with Gasteiger partial charge in [-0.25, -0.2) is 9.78 Å². The molecule has 3 rings (SSSR count). The number of aromatic nitrogens is 1. The molecule has 1 aromatic carbocycles. The molecular weight excluding hydrogens is 226 g/mol. The van der Waals surface area contributed by atoms with Gasteiger partial charge in [0, 0.05) is 5.39 Å². The third-order valence-electron chi connectivity index (χ3n) is 3.58. The standard InChI is InChI=1S/C15H15NO2/c1-18-15(17)13-9-8-11-7-6-10-4-2-3-5-12(10)14(11)16-13/h6-9H,2-5H2,1H3. The molecule has 3 nitrogen and oxygen atoms in total. The monoisotopic (exact) mass is 241 g/mol. The van der Waals surface area contributed by atoms with Crippen molar-refractivity contribution < 1.29 is 9.53 Å². The van der Waals surface area contributed by atoms with Crippen molar-refractivity contribution in [2.75, 3.05) is 7.11 Å². The predicted molar refractivity (Wildman–Crippen MR) is 69.7 cm³/mol. The van der Waals surface area contributed by atoms with Crippen LogP contribution in [-0.4, -0.2) is 18.1 Å². The summed E-state index contributed by atoms with van der Waals surface area (Å²) < 4.78 is 4.73. The maximum atomic E-state index is 11.5. The van der Waals surface area contributed by atoms with Gasteiger partial charge in [-0.2, -0.15) is 0 Å². The Morgan fingerprint density at radius 3 is 2.78 bits per heavy atom. The molecule has 92 valence electrons. The van der Waals surface area contributed by atoms with Crippen molar-refractivity contribution in [2.45, 2.75) is 25.7 Å². The van der Waals surface area contributed by atoms with Gasteiger partial charge in [0.2, 0.25) is 0 Å². The largest absolute Gasteiger partial charge is 0.464 e. The van der Waals surface area contributed by atoms with E-state index in [1.54, 1.807) is 6.07 Å². The molecule has 0 bridgehead atoms. The molecule has 0 spiro atoms. The number of hydrogen-bond acceptors (Lipinski definition) is 3. The number of ether oxygens (including phenoxy) is 1. The molecule has 0 unspecified atom stereocenters. The molecule has 1 aliphatic carbocycles. The van der Waals surface area contributed by atoms with E-state index in [-0.39, 0.29) is 5.97 Å². The summed E-state index contributed by atoms with van der Waals surface area (Å²) >= 11 is 0. The van der Waals surface area contributed by atoms with Crippen molar-refractivity contribution in [3.8, 4) is 0 Å². The van der Waals surface area contributed by atoms with Crippen LogP contribution in [-0.2, 0) is 17.6 Å². The summed E-state index contributed by atoms with van der Waals surface area (Å²) in [5, 5.41) is 1.10. The topological polar surface area (TPSA) is 39.2 Å². The fraction of sp³-hybridized carbons (Fsp3) is 0.333. The molecule has 1 heterocycles. The van der Waals surface area contributed by atoms with E-state index in [2.05, 4.69) is 17.1 Å². The van der Waals surface area contributed by atoms with Crippen molar-refractivity contribution in [1.82, 2.24) is 4.98 Å². The maximum absolute atomic E-state index is 11.5. The molecular formula is C15H15NO2. The van der Waals surface area contributed by atoms with Gasteiger partial charge in [-0.3, -0.25) is 0 Å². The van der Waals surface area contributed by atoms with Gasteiger partial charge in [-0.1, -0.05) is 18.2 Å². The lowest BCUT2D eigenvalue weighted by Crippen LogP contribution is -2.07. The van der Waals surface area contributed by atoms with Crippen LogP contribution in [0.3, 0.4) is 0 Å². The Morgan fingerprint density at radius 1 is 1.17 bits per heavy atom. The number of benzene rings is 1. The molecule has 3 heteroatoms. The predicted octanol–water partition coefficient (Wildman–Crippen LogP) is 2.90. The number of pyridine rings is 1. The van der Waals surface area contributed by atoms with E-state index in [9.17, 15) is 4.79 Å². The fourth-order valence-electron chi connectivity index (χ4n) is 2.64. The number of methoxy groups -OCH3 is 1. The summed E-state index contributed by atoms with van der Waals surface area (Å²) in [7, 11) is 1.38. The highest BCUT2D eigenvalue weighted by Gasteiger charge is 2.15. The van der Waals surface area contributed by atoms with Gasteiger partial charge in [0.15, 0.2) is 0 Å². The van der Waals surface area contributed by atoms with Gasteiger partial charge in [-0.15, -0.1) is 0 Å². The van der Waals surface area contributed by atoms with Crippen LogP contribution in [0.2, 0.25) is 0 Å². The first-order valence-electron chi connectivity index (χ1n) is 6.29. The number of esters is 1. The number of fused-ring (bicyclic) bond motifs is 3. The molecule has 0 N–H and O–H groups in total. The fourth-order valence-corrected chi connectivity index (χ4v) is 2.64. The highest BCUT2D eigenvalue weighted by molar-refractivity contribution is 5.92. The second-order valence-electron chi connectivity index (χ2n) is 4.67. The third-order valence-corrected chi connectivity index (χ3v) is 3.58.